The Morgan fingerprint density at radius 2 is 2.14 bits per heavy atom. The number of amides is 1. The van der Waals surface area contributed by atoms with Crippen molar-refractivity contribution in [1.82, 2.24) is 19.8 Å². The predicted octanol–water partition coefficient (Wildman–Crippen LogP) is 1.19. The molecule has 0 aliphatic carbocycles. The molecule has 0 bridgehead atoms. The summed E-state index contributed by atoms with van der Waals surface area (Å²) in [6, 6.07) is 0. The maximum absolute atomic E-state index is 12.5. The Bertz CT molecular complexity index is 500. The highest BCUT2D eigenvalue weighted by atomic mass is 16.5. The van der Waals surface area contributed by atoms with E-state index in [4.69, 9.17) is 4.74 Å². The number of piperidine rings is 1. The van der Waals surface area contributed by atoms with Crippen molar-refractivity contribution >= 4 is 5.91 Å². The molecule has 0 saturated carbocycles. The molecule has 1 aromatic rings. The van der Waals surface area contributed by atoms with Crippen LogP contribution in [0.4, 0.5) is 0 Å². The Morgan fingerprint density at radius 3 is 2.82 bits per heavy atom. The van der Waals surface area contributed by atoms with Gasteiger partial charge in [-0.2, -0.15) is 0 Å². The summed E-state index contributed by atoms with van der Waals surface area (Å²) in [7, 11) is 0. The van der Waals surface area contributed by atoms with Crippen LogP contribution in [0.3, 0.4) is 0 Å². The largest absolute Gasteiger partial charge is 0.371 e. The zero-order valence-corrected chi connectivity index (χ0v) is 13.2. The fourth-order valence-electron chi connectivity index (χ4n) is 3.39. The summed E-state index contributed by atoms with van der Waals surface area (Å²) in [6.07, 6.45) is 7.86. The molecule has 3 rings (SSSR count). The van der Waals surface area contributed by atoms with E-state index >= 15 is 0 Å². The van der Waals surface area contributed by atoms with E-state index in [0.717, 1.165) is 32.5 Å². The lowest BCUT2D eigenvalue weighted by atomic mass is 9.89. The van der Waals surface area contributed by atoms with Crippen LogP contribution >= 0.6 is 0 Å². The lowest BCUT2D eigenvalue weighted by Gasteiger charge is -2.47. The van der Waals surface area contributed by atoms with Crippen molar-refractivity contribution in [3.8, 4) is 0 Å². The van der Waals surface area contributed by atoms with Gasteiger partial charge in [0.05, 0.1) is 24.9 Å². The van der Waals surface area contributed by atoms with Crippen LogP contribution in [-0.2, 0) is 4.74 Å². The Hall–Kier alpha value is -1.53. The quantitative estimate of drug-likeness (QED) is 0.839. The number of aromatic nitrogens is 2. The Morgan fingerprint density at radius 1 is 1.32 bits per heavy atom. The van der Waals surface area contributed by atoms with Gasteiger partial charge in [-0.1, -0.05) is 6.92 Å². The third-order valence-electron chi connectivity index (χ3n) is 4.63. The SMILES string of the molecule is CCCN1CCC2(CC1)CN(C(=O)c1cnccn1)CCO2. The van der Waals surface area contributed by atoms with E-state index in [2.05, 4.69) is 21.8 Å². The van der Waals surface area contributed by atoms with Crippen LogP contribution in [0.2, 0.25) is 0 Å². The van der Waals surface area contributed by atoms with Crippen molar-refractivity contribution in [3.63, 3.8) is 0 Å². The van der Waals surface area contributed by atoms with E-state index in [9.17, 15) is 4.79 Å². The summed E-state index contributed by atoms with van der Waals surface area (Å²) >= 11 is 0. The molecule has 3 heterocycles. The van der Waals surface area contributed by atoms with Gasteiger partial charge in [-0.05, 0) is 25.8 Å². The number of likely N-dealkylation sites (tertiary alicyclic amines) is 1. The smallest absolute Gasteiger partial charge is 0.274 e. The molecule has 6 heteroatoms. The van der Waals surface area contributed by atoms with E-state index in [1.807, 2.05) is 4.90 Å². The Balaban J connectivity index is 1.64. The maximum atomic E-state index is 12.5. The van der Waals surface area contributed by atoms with Crippen LogP contribution in [0.15, 0.2) is 18.6 Å². The highest BCUT2D eigenvalue weighted by molar-refractivity contribution is 5.92. The minimum absolute atomic E-state index is 0.0354. The molecule has 2 aliphatic heterocycles. The molecule has 0 unspecified atom stereocenters. The van der Waals surface area contributed by atoms with Crippen LogP contribution in [0.1, 0.15) is 36.7 Å². The summed E-state index contributed by atoms with van der Waals surface area (Å²) in [4.78, 5) is 25.0. The highest BCUT2D eigenvalue weighted by Crippen LogP contribution is 2.30. The number of morpholine rings is 1. The summed E-state index contributed by atoms with van der Waals surface area (Å²) in [6.45, 7) is 7.39. The number of ether oxygens (including phenoxy) is 1. The maximum Gasteiger partial charge on any atom is 0.274 e. The molecular formula is C16H24N4O2. The molecule has 2 aliphatic rings. The number of carbonyl (C=O) groups excluding carboxylic acids is 1. The van der Waals surface area contributed by atoms with Crippen LogP contribution in [0.5, 0.6) is 0 Å². The van der Waals surface area contributed by atoms with Gasteiger partial charge in [0.2, 0.25) is 0 Å². The number of carbonyl (C=O) groups is 1. The number of nitrogens with zero attached hydrogens (tertiary/aromatic N) is 4. The van der Waals surface area contributed by atoms with Gasteiger partial charge in [0.25, 0.3) is 5.91 Å². The van der Waals surface area contributed by atoms with Crippen molar-refractivity contribution in [2.24, 2.45) is 0 Å². The first-order valence-corrected chi connectivity index (χ1v) is 8.14. The normalized spacial score (nSPS) is 22.0. The van der Waals surface area contributed by atoms with Crippen molar-refractivity contribution < 1.29 is 9.53 Å². The third kappa shape index (κ3) is 3.28. The molecule has 1 aromatic heterocycles. The fraction of sp³-hybridized carbons (Fsp3) is 0.688. The fourth-order valence-corrected chi connectivity index (χ4v) is 3.39. The van der Waals surface area contributed by atoms with E-state index in [1.54, 1.807) is 12.4 Å². The monoisotopic (exact) mass is 304 g/mol. The molecule has 0 radical (unpaired) electrons. The third-order valence-corrected chi connectivity index (χ3v) is 4.63. The molecule has 0 N–H and O–H groups in total. The lowest BCUT2D eigenvalue weighted by molar-refractivity contribution is -0.127. The van der Waals surface area contributed by atoms with E-state index in [1.165, 1.54) is 12.6 Å². The van der Waals surface area contributed by atoms with Crippen molar-refractivity contribution in [3.05, 3.63) is 24.3 Å². The average molecular weight is 304 g/mol. The summed E-state index contributed by atoms with van der Waals surface area (Å²) in [5, 5.41) is 0. The van der Waals surface area contributed by atoms with Crippen LogP contribution in [-0.4, -0.2) is 70.6 Å². The molecular weight excluding hydrogens is 280 g/mol. The predicted molar refractivity (Wildman–Crippen MR) is 82.6 cm³/mol. The highest BCUT2D eigenvalue weighted by Gasteiger charge is 2.41. The second-order valence-electron chi connectivity index (χ2n) is 6.19. The molecule has 2 fully saturated rings. The molecule has 0 aromatic carbocycles. The standard InChI is InChI=1S/C16H24N4O2/c1-2-7-19-8-3-16(4-9-19)13-20(10-11-22-16)15(21)14-12-17-5-6-18-14/h5-6,12H,2-4,7-11,13H2,1H3. The number of rotatable bonds is 3. The van der Waals surface area contributed by atoms with Gasteiger partial charge in [0.15, 0.2) is 0 Å². The first-order valence-electron chi connectivity index (χ1n) is 8.14. The van der Waals surface area contributed by atoms with Crippen LogP contribution in [0.25, 0.3) is 0 Å². The molecule has 2 saturated heterocycles. The zero-order valence-electron chi connectivity index (χ0n) is 13.2. The van der Waals surface area contributed by atoms with Crippen molar-refractivity contribution in [1.29, 1.82) is 0 Å². The second kappa shape index (κ2) is 6.71. The van der Waals surface area contributed by atoms with Crippen molar-refractivity contribution in [2.75, 3.05) is 39.3 Å². The molecule has 1 spiro atoms. The van der Waals surface area contributed by atoms with E-state index < -0.39 is 0 Å². The van der Waals surface area contributed by atoms with Gasteiger partial charge in [-0.25, -0.2) is 4.98 Å². The van der Waals surface area contributed by atoms with E-state index in [-0.39, 0.29) is 11.5 Å². The van der Waals surface area contributed by atoms with Gasteiger partial charge >= 0.3 is 0 Å². The summed E-state index contributed by atoms with van der Waals surface area (Å²) < 4.78 is 6.09. The van der Waals surface area contributed by atoms with Gasteiger partial charge in [0.1, 0.15) is 5.69 Å². The van der Waals surface area contributed by atoms with Gasteiger partial charge in [-0.15, -0.1) is 0 Å². The number of hydrogen-bond donors (Lipinski definition) is 0. The first-order chi connectivity index (χ1) is 10.7. The van der Waals surface area contributed by atoms with Crippen molar-refractivity contribution in [2.45, 2.75) is 31.8 Å². The van der Waals surface area contributed by atoms with Gasteiger partial charge in [0, 0.05) is 32.0 Å². The Kier molecular flexibility index (Phi) is 4.69. The molecule has 6 nitrogen and oxygen atoms in total. The topological polar surface area (TPSA) is 58.6 Å². The first kappa shape index (κ1) is 15.4. The summed E-state index contributed by atoms with van der Waals surface area (Å²) in [5.74, 6) is -0.0354. The zero-order chi connectivity index (χ0) is 15.4. The minimum atomic E-state index is -0.166. The van der Waals surface area contributed by atoms with Crippen LogP contribution < -0.4 is 0 Å². The molecule has 22 heavy (non-hydrogen) atoms. The summed E-state index contributed by atoms with van der Waals surface area (Å²) in [5.41, 5.74) is 0.253. The lowest BCUT2D eigenvalue weighted by Crippen LogP contribution is -2.58. The van der Waals surface area contributed by atoms with Gasteiger partial charge in [-0.3, -0.25) is 9.78 Å². The van der Waals surface area contributed by atoms with E-state index in [0.29, 0.717) is 25.4 Å². The second-order valence-corrected chi connectivity index (χ2v) is 6.19. The molecule has 0 atom stereocenters. The number of hydrogen-bond acceptors (Lipinski definition) is 5. The molecule has 120 valence electrons. The average Bonchev–Trinajstić information content (AvgIpc) is 2.58. The van der Waals surface area contributed by atoms with Crippen LogP contribution in [0, 0.1) is 0 Å². The molecule has 1 amide bonds. The minimum Gasteiger partial charge on any atom is -0.371 e. The Labute approximate surface area is 131 Å². The van der Waals surface area contributed by atoms with Gasteiger partial charge < -0.3 is 14.5 Å².